The van der Waals surface area contributed by atoms with E-state index in [0.717, 1.165) is 27.9 Å². The topological polar surface area (TPSA) is 85.8 Å². The second-order valence-corrected chi connectivity index (χ2v) is 15.6. The fraction of sp³-hybridized carbons (Fsp3) is 0.543. The zero-order valence-corrected chi connectivity index (χ0v) is 29.5. The Hall–Kier alpha value is -2.79. The van der Waals surface area contributed by atoms with E-state index in [2.05, 4.69) is 31.7 Å². The minimum atomic E-state index is -0.560. The molecular weight excluding hydrogens is 657 g/mol. The average molecular weight is 699 g/mol. The molecule has 3 saturated heterocycles. The number of carbonyl (C=O) groups is 3. The zero-order chi connectivity index (χ0) is 33.1. The van der Waals surface area contributed by atoms with Gasteiger partial charge in [0.05, 0.1) is 25.3 Å². The third-order valence-electron chi connectivity index (χ3n) is 10.5. The van der Waals surface area contributed by atoms with Crippen molar-refractivity contribution in [3.05, 3.63) is 68.2 Å². The number of amides is 3. The molecule has 9 nitrogen and oxygen atoms in total. The van der Waals surface area contributed by atoms with Gasteiger partial charge >= 0.3 is 0 Å². The lowest BCUT2D eigenvalue weighted by Crippen LogP contribution is -2.56. The number of ether oxygens (including phenoxy) is 1. The predicted octanol–water partition coefficient (Wildman–Crippen LogP) is 5.43. The van der Waals surface area contributed by atoms with E-state index in [4.69, 9.17) is 32.9 Å². The Labute approximate surface area is 290 Å². The zero-order valence-electron chi connectivity index (χ0n) is 27.2. The minimum Gasteiger partial charge on any atom is -0.379 e. The van der Waals surface area contributed by atoms with Gasteiger partial charge in [0.25, 0.3) is 5.91 Å². The highest BCUT2D eigenvalue weighted by atomic mass is 35.5. The lowest BCUT2D eigenvalue weighted by Gasteiger charge is -2.38. The van der Waals surface area contributed by atoms with Crippen LogP contribution in [0.15, 0.2) is 62.6 Å². The number of nitrogens with zero attached hydrogens (tertiary/aromatic N) is 5. The number of piperazine rings is 1. The van der Waals surface area contributed by atoms with Gasteiger partial charge in [-0.2, -0.15) is 0 Å². The maximum absolute atomic E-state index is 14.9. The Morgan fingerprint density at radius 1 is 1.00 bits per heavy atom. The largest absolute Gasteiger partial charge is 0.379 e. The van der Waals surface area contributed by atoms with Crippen LogP contribution in [0.25, 0.3) is 0 Å². The number of carbonyl (C=O) groups excluding carboxylic acids is 3. The van der Waals surface area contributed by atoms with Gasteiger partial charge in [-0.1, -0.05) is 62.2 Å². The molecule has 250 valence electrons. The molecule has 1 aromatic carbocycles. The monoisotopic (exact) mass is 697 g/mol. The Morgan fingerprint density at radius 2 is 1.70 bits per heavy atom. The number of likely N-dealkylation sites (tertiary alicyclic amines) is 1. The predicted molar refractivity (Wildman–Crippen MR) is 185 cm³/mol. The summed E-state index contributed by atoms with van der Waals surface area (Å²) >= 11 is 14.2. The Kier molecular flexibility index (Phi) is 9.00. The van der Waals surface area contributed by atoms with Gasteiger partial charge in [-0.25, -0.2) is 0 Å². The minimum absolute atomic E-state index is 0.0189. The highest BCUT2D eigenvalue weighted by molar-refractivity contribution is 8.18. The molecule has 0 bridgehead atoms. The third kappa shape index (κ3) is 5.83. The maximum atomic E-state index is 14.9. The van der Waals surface area contributed by atoms with Crippen molar-refractivity contribution in [2.75, 3.05) is 39.4 Å². The lowest BCUT2D eigenvalue weighted by atomic mass is 9.82. The van der Waals surface area contributed by atoms with Crippen molar-refractivity contribution >= 4 is 57.9 Å². The highest BCUT2D eigenvalue weighted by Gasteiger charge is 2.54. The summed E-state index contributed by atoms with van der Waals surface area (Å²) in [5.74, 6) is 0.195. The molecule has 0 spiro atoms. The van der Waals surface area contributed by atoms with Gasteiger partial charge in [0.2, 0.25) is 11.8 Å². The van der Waals surface area contributed by atoms with Gasteiger partial charge < -0.3 is 24.3 Å². The molecule has 1 unspecified atom stereocenters. The van der Waals surface area contributed by atoms with Gasteiger partial charge in [0.15, 0.2) is 5.17 Å². The number of rotatable bonds is 5. The molecule has 0 radical (unpaired) electrons. The molecule has 0 saturated carbocycles. The number of halogens is 2. The molecule has 12 heteroatoms. The number of hydrogen-bond donors (Lipinski definition) is 0. The van der Waals surface area contributed by atoms with Crippen LogP contribution in [0, 0.1) is 17.8 Å². The molecule has 5 aliphatic heterocycles. The molecule has 7 rings (SSSR count). The van der Waals surface area contributed by atoms with E-state index in [-0.39, 0.29) is 53.6 Å². The number of thioether (sulfide) groups is 1. The van der Waals surface area contributed by atoms with Crippen molar-refractivity contribution in [2.24, 2.45) is 22.7 Å². The van der Waals surface area contributed by atoms with E-state index in [1.54, 1.807) is 11.8 Å². The molecule has 6 atom stereocenters. The number of hydrogen-bond acceptors (Lipinski definition) is 7. The Bertz CT molecular complexity index is 1600. The average Bonchev–Trinajstić information content (AvgIpc) is 3.81. The van der Waals surface area contributed by atoms with Crippen LogP contribution in [0.1, 0.15) is 52.1 Å². The second kappa shape index (κ2) is 12.9. The summed E-state index contributed by atoms with van der Waals surface area (Å²) in [5.41, 5.74) is 3.23. The van der Waals surface area contributed by atoms with Crippen LogP contribution in [0.5, 0.6) is 0 Å². The maximum Gasteiger partial charge on any atom is 0.263 e. The lowest BCUT2D eigenvalue weighted by molar-refractivity contribution is -0.146. The summed E-state index contributed by atoms with van der Waals surface area (Å²) < 4.78 is 5.85. The normalized spacial score (nSPS) is 30.5. The molecule has 1 aliphatic carbocycles. The van der Waals surface area contributed by atoms with Crippen LogP contribution in [-0.2, 0) is 19.1 Å². The molecule has 5 heterocycles. The number of amidine groups is 1. The second-order valence-electron chi connectivity index (χ2n) is 13.7. The van der Waals surface area contributed by atoms with Gasteiger partial charge in [-0.05, 0) is 65.8 Å². The molecular formula is C35H41Cl2N5O4S. The Balaban J connectivity index is 1.24. The van der Waals surface area contributed by atoms with Crippen molar-refractivity contribution in [3.8, 4) is 0 Å². The van der Waals surface area contributed by atoms with Crippen molar-refractivity contribution in [1.29, 1.82) is 0 Å². The number of allylic oxidation sites excluding steroid dienone is 4. The standard InChI is InChI=1S/C35H41Cl2N5O4S/c1-19(2)30-32(34(45)41-27(16-23-17-46-18-28(23)41)33(44)40-13-11-39(12-14-40)21(4)43)47-35-38-29(22-5-7-24(36)8-6-22)31(42(30)35)26-10-9-25(37)15-20(26)3/h5-10,19-20,23,27-29,31H,11-18H2,1-4H3/t20?,23-,27-,28+,29-,31+/m0/s1. The van der Waals surface area contributed by atoms with Crippen LogP contribution in [0.3, 0.4) is 0 Å². The first-order chi connectivity index (χ1) is 22.5. The van der Waals surface area contributed by atoms with E-state index in [1.807, 2.05) is 40.1 Å². The molecule has 6 aliphatic rings. The van der Waals surface area contributed by atoms with Gasteiger partial charge in [-0.15, -0.1) is 0 Å². The molecule has 0 aromatic heterocycles. The van der Waals surface area contributed by atoms with E-state index in [0.29, 0.717) is 55.7 Å². The van der Waals surface area contributed by atoms with Crippen LogP contribution in [-0.4, -0.2) is 100 Å². The van der Waals surface area contributed by atoms with Crippen LogP contribution in [0.4, 0.5) is 0 Å². The summed E-state index contributed by atoms with van der Waals surface area (Å²) in [6.07, 6.45) is 5.45. The summed E-state index contributed by atoms with van der Waals surface area (Å²) in [6, 6.07) is 6.85. The van der Waals surface area contributed by atoms with Crippen molar-refractivity contribution in [3.63, 3.8) is 0 Å². The summed E-state index contributed by atoms with van der Waals surface area (Å²) in [5, 5.41) is 2.30. The smallest absolute Gasteiger partial charge is 0.263 e. The first-order valence-corrected chi connectivity index (χ1v) is 18.2. The summed E-state index contributed by atoms with van der Waals surface area (Å²) in [6.45, 7) is 10.9. The van der Waals surface area contributed by atoms with Crippen molar-refractivity contribution < 1.29 is 19.1 Å². The quantitative estimate of drug-likeness (QED) is 0.408. The van der Waals surface area contributed by atoms with Gasteiger partial charge in [0.1, 0.15) is 17.0 Å². The van der Waals surface area contributed by atoms with Crippen molar-refractivity contribution in [2.45, 2.75) is 64.7 Å². The fourth-order valence-corrected chi connectivity index (χ4v) is 9.80. The first kappa shape index (κ1) is 32.7. The third-order valence-corrected chi connectivity index (χ3v) is 12.1. The molecule has 47 heavy (non-hydrogen) atoms. The number of benzene rings is 1. The molecule has 3 fully saturated rings. The van der Waals surface area contributed by atoms with Gasteiger partial charge in [-0.3, -0.25) is 19.4 Å². The van der Waals surface area contributed by atoms with E-state index in [9.17, 15) is 14.4 Å². The first-order valence-electron chi connectivity index (χ1n) is 16.6. The highest BCUT2D eigenvalue weighted by Crippen LogP contribution is 2.52. The fourth-order valence-electron chi connectivity index (χ4n) is 8.09. The van der Waals surface area contributed by atoms with E-state index < -0.39 is 6.04 Å². The SMILES string of the molecule is CC(=O)N1CCN(C(=O)[C@@H]2C[C@H]3COC[C@H]3N2C(=O)C2=C(C(C)C)N3C(=N[C@@H](c4ccc(Cl)cc4)[C@H]3C3=CC=C(Cl)CC3C)S2)CC1. The van der Waals surface area contributed by atoms with Gasteiger partial charge in [0, 0.05) is 54.8 Å². The summed E-state index contributed by atoms with van der Waals surface area (Å²) in [4.78, 5) is 54.5. The van der Waals surface area contributed by atoms with Crippen LogP contribution in [0.2, 0.25) is 5.02 Å². The van der Waals surface area contributed by atoms with Crippen molar-refractivity contribution in [1.82, 2.24) is 19.6 Å². The van der Waals surface area contributed by atoms with E-state index >= 15 is 0 Å². The molecule has 1 aromatic rings. The van der Waals surface area contributed by atoms with E-state index in [1.165, 1.54) is 17.3 Å². The summed E-state index contributed by atoms with van der Waals surface area (Å²) in [7, 11) is 0. The molecule has 0 N–H and O–H groups in total. The number of aliphatic imine (C=N–C) groups is 1. The molecule has 3 amide bonds. The van der Waals surface area contributed by atoms with Crippen LogP contribution < -0.4 is 0 Å². The number of fused-ring (bicyclic) bond motifs is 2. The van der Waals surface area contributed by atoms with Crippen LogP contribution >= 0.6 is 35.0 Å². The Morgan fingerprint density at radius 3 is 2.36 bits per heavy atom.